The molecule has 0 saturated heterocycles. The van der Waals surface area contributed by atoms with Gasteiger partial charge in [0.15, 0.2) is 0 Å². The summed E-state index contributed by atoms with van der Waals surface area (Å²) in [6.07, 6.45) is 0. The molecule has 0 N–H and O–H groups in total. The number of hydrogen-bond donors (Lipinski definition) is 0. The minimum absolute atomic E-state index is 0.116. The SMILES string of the molecule is COc1ccccc1-c1cc(-c2ccccc2OC)cc(N2c3ccccc3C(C)(C)c3ccccc32)c1. The molecule has 1 aliphatic heterocycles. The Balaban J connectivity index is 1.66. The quantitative estimate of drug-likeness (QED) is 0.242. The van der Waals surface area contributed by atoms with Crippen LogP contribution in [0.3, 0.4) is 0 Å². The first-order chi connectivity index (χ1) is 18.5. The van der Waals surface area contributed by atoms with Gasteiger partial charge in [-0.25, -0.2) is 0 Å². The predicted molar refractivity (Wildman–Crippen MR) is 157 cm³/mol. The molecular weight excluding hydrogens is 466 g/mol. The second kappa shape index (κ2) is 9.42. The maximum Gasteiger partial charge on any atom is 0.126 e. The van der Waals surface area contributed by atoms with Gasteiger partial charge in [0.2, 0.25) is 0 Å². The number of rotatable bonds is 5. The lowest BCUT2D eigenvalue weighted by Crippen LogP contribution is -2.30. The Bertz CT molecular complexity index is 1520. The van der Waals surface area contributed by atoms with Crippen molar-refractivity contribution in [1.29, 1.82) is 0 Å². The summed E-state index contributed by atoms with van der Waals surface area (Å²) in [5.74, 6) is 1.69. The van der Waals surface area contributed by atoms with Crippen LogP contribution in [0.25, 0.3) is 22.3 Å². The highest BCUT2D eigenvalue weighted by atomic mass is 16.5. The first-order valence-electron chi connectivity index (χ1n) is 12.9. The van der Waals surface area contributed by atoms with Crippen LogP contribution in [-0.2, 0) is 5.41 Å². The molecule has 0 fully saturated rings. The minimum Gasteiger partial charge on any atom is -0.496 e. The maximum absolute atomic E-state index is 5.78. The molecule has 1 aliphatic rings. The number of anilines is 3. The van der Waals surface area contributed by atoms with Crippen LogP contribution >= 0.6 is 0 Å². The number of fused-ring (bicyclic) bond motifs is 2. The van der Waals surface area contributed by atoms with Crippen LogP contribution in [0.15, 0.2) is 115 Å². The zero-order valence-corrected chi connectivity index (χ0v) is 22.2. The molecule has 0 bridgehead atoms. The molecule has 0 spiro atoms. The van der Waals surface area contributed by atoms with Crippen LogP contribution in [0.1, 0.15) is 25.0 Å². The summed E-state index contributed by atoms with van der Waals surface area (Å²) < 4.78 is 11.6. The van der Waals surface area contributed by atoms with E-state index in [0.717, 1.165) is 39.4 Å². The van der Waals surface area contributed by atoms with Gasteiger partial charge in [0.05, 0.1) is 25.6 Å². The summed E-state index contributed by atoms with van der Waals surface area (Å²) in [6, 6.07) is 40.6. The molecule has 0 amide bonds. The molecule has 0 saturated carbocycles. The topological polar surface area (TPSA) is 21.7 Å². The zero-order chi connectivity index (χ0) is 26.3. The van der Waals surface area contributed by atoms with Crippen LogP contribution in [-0.4, -0.2) is 14.2 Å². The van der Waals surface area contributed by atoms with Gasteiger partial charge in [-0.15, -0.1) is 0 Å². The molecule has 5 aromatic carbocycles. The number of benzene rings is 5. The van der Waals surface area contributed by atoms with Crippen molar-refractivity contribution in [2.45, 2.75) is 19.3 Å². The van der Waals surface area contributed by atoms with E-state index in [2.05, 4.69) is 110 Å². The Kier molecular flexibility index (Phi) is 5.92. The number of ether oxygens (including phenoxy) is 2. The summed E-state index contributed by atoms with van der Waals surface area (Å²) in [7, 11) is 3.45. The lowest BCUT2D eigenvalue weighted by molar-refractivity contribution is 0.416. The zero-order valence-electron chi connectivity index (χ0n) is 22.2. The van der Waals surface area contributed by atoms with E-state index in [9.17, 15) is 0 Å². The van der Waals surface area contributed by atoms with Crippen LogP contribution in [0, 0.1) is 0 Å². The van der Waals surface area contributed by atoms with Crippen molar-refractivity contribution in [3.8, 4) is 33.8 Å². The van der Waals surface area contributed by atoms with Gasteiger partial charge in [0.1, 0.15) is 11.5 Å². The predicted octanol–water partition coefficient (Wildman–Crippen LogP) is 9.15. The molecule has 3 nitrogen and oxygen atoms in total. The van der Waals surface area contributed by atoms with E-state index in [1.54, 1.807) is 14.2 Å². The summed E-state index contributed by atoms with van der Waals surface area (Å²) in [5.41, 5.74) is 10.2. The minimum atomic E-state index is -0.116. The van der Waals surface area contributed by atoms with Crippen molar-refractivity contribution in [1.82, 2.24) is 0 Å². The largest absolute Gasteiger partial charge is 0.496 e. The van der Waals surface area contributed by atoms with Gasteiger partial charge in [0, 0.05) is 22.2 Å². The van der Waals surface area contributed by atoms with Crippen molar-refractivity contribution in [2.24, 2.45) is 0 Å². The number of para-hydroxylation sites is 4. The van der Waals surface area contributed by atoms with Crippen LogP contribution in [0.2, 0.25) is 0 Å². The van der Waals surface area contributed by atoms with Crippen molar-refractivity contribution < 1.29 is 9.47 Å². The fourth-order valence-corrected chi connectivity index (χ4v) is 5.76. The van der Waals surface area contributed by atoms with E-state index in [-0.39, 0.29) is 5.41 Å². The van der Waals surface area contributed by atoms with E-state index >= 15 is 0 Å². The fraction of sp³-hybridized carbons (Fsp3) is 0.143. The monoisotopic (exact) mass is 497 g/mol. The summed E-state index contributed by atoms with van der Waals surface area (Å²) in [6.45, 7) is 4.63. The first kappa shape index (κ1) is 23.9. The van der Waals surface area contributed by atoms with Gasteiger partial charge in [0.25, 0.3) is 0 Å². The Morgan fingerprint density at radius 3 is 1.42 bits per heavy atom. The molecule has 6 rings (SSSR count). The number of nitrogens with zero attached hydrogens (tertiary/aromatic N) is 1. The first-order valence-corrected chi connectivity index (χ1v) is 12.9. The fourth-order valence-electron chi connectivity index (χ4n) is 5.76. The van der Waals surface area contributed by atoms with Crippen molar-refractivity contribution in [3.63, 3.8) is 0 Å². The van der Waals surface area contributed by atoms with Crippen LogP contribution < -0.4 is 14.4 Å². The van der Waals surface area contributed by atoms with E-state index < -0.39 is 0 Å². The van der Waals surface area contributed by atoms with Crippen molar-refractivity contribution >= 4 is 17.1 Å². The summed E-state index contributed by atoms with van der Waals surface area (Å²) >= 11 is 0. The van der Waals surface area contributed by atoms with Crippen LogP contribution in [0.5, 0.6) is 11.5 Å². The third-order valence-corrected chi connectivity index (χ3v) is 7.65. The molecule has 188 valence electrons. The second-order valence-corrected chi connectivity index (χ2v) is 10.2. The number of hydrogen-bond acceptors (Lipinski definition) is 3. The average molecular weight is 498 g/mol. The van der Waals surface area contributed by atoms with Crippen LogP contribution in [0.4, 0.5) is 17.1 Å². The highest BCUT2D eigenvalue weighted by Gasteiger charge is 2.36. The Hall–Kier alpha value is -4.50. The Morgan fingerprint density at radius 2 is 0.947 bits per heavy atom. The molecule has 3 heteroatoms. The van der Waals surface area contributed by atoms with E-state index in [1.807, 2.05) is 24.3 Å². The third-order valence-electron chi connectivity index (χ3n) is 7.65. The highest BCUT2D eigenvalue weighted by Crippen LogP contribution is 2.52. The molecule has 0 atom stereocenters. The molecule has 0 radical (unpaired) electrons. The smallest absolute Gasteiger partial charge is 0.126 e. The molecular formula is C35H31NO2. The third kappa shape index (κ3) is 3.83. The van der Waals surface area contributed by atoms with E-state index in [0.29, 0.717) is 0 Å². The van der Waals surface area contributed by atoms with Gasteiger partial charge >= 0.3 is 0 Å². The molecule has 0 aromatic heterocycles. The van der Waals surface area contributed by atoms with Gasteiger partial charge in [-0.2, -0.15) is 0 Å². The molecule has 0 unspecified atom stereocenters. The van der Waals surface area contributed by atoms with E-state index in [4.69, 9.17) is 9.47 Å². The Labute approximate surface area is 224 Å². The summed E-state index contributed by atoms with van der Waals surface area (Å²) in [5, 5.41) is 0. The maximum atomic E-state index is 5.78. The van der Waals surface area contributed by atoms with Crippen molar-refractivity contribution in [2.75, 3.05) is 19.1 Å². The van der Waals surface area contributed by atoms with Crippen molar-refractivity contribution in [3.05, 3.63) is 126 Å². The van der Waals surface area contributed by atoms with Gasteiger partial charge < -0.3 is 14.4 Å². The Morgan fingerprint density at radius 1 is 0.526 bits per heavy atom. The van der Waals surface area contributed by atoms with Gasteiger partial charge in [-0.3, -0.25) is 0 Å². The average Bonchev–Trinajstić information content (AvgIpc) is 2.97. The number of methoxy groups -OCH3 is 2. The normalized spacial score (nSPS) is 13.4. The highest BCUT2D eigenvalue weighted by molar-refractivity contribution is 5.90. The van der Waals surface area contributed by atoms with Gasteiger partial charge in [-0.1, -0.05) is 86.6 Å². The molecule has 5 aromatic rings. The molecule has 38 heavy (non-hydrogen) atoms. The standard InChI is InChI=1S/C35H31NO2/c1-35(2)29-15-7-9-17-31(29)36(32-18-10-8-16-30(32)35)26-22-24(27-13-5-11-19-33(27)37-3)21-25(23-26)28-14-6-12-20-34(28)38-4/h5-23H,1-4H3. The molecule has 1 heterocycles. The van der Waals surface area contributed by atoms with E-state index in [1.165, 1.54) is 22.5 Å². The summed E-state index contributed by atoms with van der Waals surface area (Å²) in [4.78, 5) is 2.40. The second-order valence-electron chi connectivity index (χ2n) is 10.2. The lowest BCUT2D eigenvalue weighted by atomic mass is 9.73. The molecule has 0 aliphatic carbocycles. The van der Waals surface area contributed by atoms with Gasteiger partial charge in [-0.05, 0) is 64.7 Å². The lowest BCUT2D eigenvalue weighted by Gasteiger charge is -2.42.